The first-order valence-electron chi connectivity index (χ1n) is 9.96. The lowest BCUT2D eigenvalue weighted by Gasteiger charge is -2.32. The van der Waals surface area contributed by atoms with Crippen LogP contribution in [0.1, 0.15) is 30.0 Å². The van der Waals surface area contributed by atoms with Crippen LogP contribution in [0.15, 0.2) is 50.5 Å². The van der Waals surface area contributed by atoms with Gasteiger partial charge >= 0.3 is 5.97 Å². The SMILES string of the molecule is CCOC(=O)C1=C2C[C@H](CS(C)(=O)=O)CN2C(c2nccs2)=N[C@H]1c1ccc(F)cc1Br. The average Bonchev–Trinajstić information content (AvgIpc) is 3.35. The second kappa shape index (κ2) is 9.03. The first kappa shape index (κ1) is 23.1. The Balaban J connectivity index is 1.89. The number of aromatic nitrogens is 1. The minimum absolute atomic E-state index is 0.000830. The van der Waals surface area contributed by atoms with Gasteiger partial charge < -0.3 is 9.64 Å². The van der Waals surface area contributed by atoms with Gasteiger partial charge in [-0.15, -0.1) is 11.3 Å². The van der Waals surface area contributed by atoms with Crippen LogP contribution in [-0.2, 0) is 19.4 Å². The summed E-state index contributed by atoms with van der Waals surface area (Å²) in [7, 11) is -3.21. The highest BCUT2D eigenvalue weighted by molar-refractivity contribution is 9.10. The van der Waals surface area contributed by atoms with Crippen molar-refractivity contribution in [2.45, 2.75) is 19.4 Å². The van der Waals surface area contributed by atoms with Gasteiger partial charge in [0.1, 0.15) is 21.7 Å². The van der Waals surface area contributed by atoms with Crippen LogP contribution < -0.4 is 0 Å². The first-order valence-corrected chi connectivity index (χ1v) is 13.7. The lowest BCUT2D eigenvalue weighted by molar-refractivity contribution is -0.139. The number of hydrogen-bond acceptors (Lipinski definition) is 8. The number of fused-ring (bicyclic) bond motifs is 1. The molecular formula is C21H21BrFN3O4S2. The summed E-state index contributed by atoms with van der Waals surface area (Å²) in [5.41, 5.74) is 1.64. The first-order chi connectivity index (χ1) is 15.2. The van der Waals surface area contributed by atoms with E-state index in [2.05, 4.69) is 20.9 Å². The van der Waals surface area contributed by atoms with Crippen molar-refractivity contribution in [1.29, 1.82) is 0 Å². The van der Waals surface area contributed by atoms with Gasteiger partial charge in [0, 0.05) is 34.5 Å². The topological polar surface area (TPSA) is 88.9 Å². The van der Waals surface area contributed by atoms with Crippen LogP contribution >= 0.6 is 27.3 Å². The van der Waals surface area contributed by atoms with Crippen molar-refractivity contribution >= 4 is 48.9 Å². The summed E-state index contributed by atoms with van der Waals surface area (Å²) >= 11 is 4.81. The lowest BCUT2D eigenvalue weighted by atomic mass is 9.94. The van der Waals surface area contributed by atoms with Crippen LogP contribution in [0.5, 0.6) is 0 Å². The zero-order valence-electron chi connectivity index (χ0n) is 17.4. The van der Waals surface area contributed by atoms with Crippen molar-refractivity contribution in [3.63, 3.8) is 0 Å². The molecule has 0 spiro atoms. The second-order valence-electron chi connectivity index (χ2n) is 7.71. The molecule has 0 N–H and O–H groups in total. The molecule has 1 aromatic carbocycles. The number of esters is 1. The molecule has 0 saturated carbocycles. The molecule has 0 bridgehead atoms. The highest BCUT2D eigenvalue weighted by Gasteiger charge is 2.43. The number of carbonyl (C=O) groups excluding carboxylic acids is 1. The van der Waals surface area contributed by atoms with Crippen LogP contribution in [0.4, 0.5) is 4.39 Å². The fourth-order valence-corrected chi connectivity index (χ4v) is 6.42. The Hall–Kier alpha value is -2.11. The Morgan fingerprint density at radius 1 is 1.41 bits per heavy atom. The highest BCUT2D eigenvalue weighted by Crippen LogP contribution is 2.44. The monoisotopic (exact) mass is 541 g/mol. The fourth-order valence-electron chi connectivity index (χ4n) is 4.13. The van der Waals surface area contributed by atoms with Crippen molar-refractivity contribution in [2.75, 3.05) is 25.2 Å². The Morgan fingerprint density at radius 3 is 2.81 bits per heavy atom. The van der Waals surface area contributed by atoms with Crippen molar-refractivity contribution in [1.82, 2.24) is 9.88 Å². The second-order valence-corrected chi connectivity index (χ2v) is 11.6. The number of nitrogens with zero attached hydrogens (tertiary/aromatic N) is 3. The van der Waals surface area contributed by atoms with Crippen LogP contribution in [0.25, 0.3) is 0 Å². The summed E-state index contributed by atoms with van der Waals surface area (Å²) in [5, 5.41) is 2.49. The number of thiazole rings is 1. The fraction of sp³-hybridized carbons (Fsp3) is 0.381. The molecule has 1 aromatic heterocycles. The maximum atomic E-state index is 13.8. The predicted octanol–water partition coefficient (Wildman–Crippen LogP) is 3.73. The number of amidine groups is 1. The quantitative estimate of drug-likeness (QED) is 0.517. The van der Waals surface area contributed by atoms with Gasteiger partial charge in [0.2, 0.25) is 0 Å². The summed E-state index contributed by atoms with van der Waals surface area (Å²) in [6.45, 7) is 2.31. The van der Waals surface area contributed by atoms with E-state index in [9.17, 15) is 17.6 Å². The molecule has 1 fully saturated rings. The van der Waals surface area contributed by atoms with Gasteiger partial charge in [-0.1, -0.05) is 22.0 Å². The van der Waals surface area contributed by atoms with E-state index in [0.29, 0.717) is 45.1 Å². The zero-order valence-corrected chi connectivity index (χ0v) is 20.6. The number of aliphatic imine (C=N–C) groups is 1. The van der Waals surface area contributed by atoms with E-state index in [1.165, 1.54) is 29.7 Å². The molecule has 2 atom stereocenters. The molecule has 2 aliphatic rings. The Morgan fingerprint density at radius 2 is 2.19 bits per heavy atom. The summed E-state index contributed by atoms with van der Waals surface area (Å²) in [6.07, 6.45) is 3.26. The maximum absolute atomic E-state index is 13.8. The Kier molecular flexibility index (Phi) is 6.51. The van der Waals surface area contributed by atoms with Gasteiger partial charge in [-0.25, -0.2) is 22.6 Å². The van der Waals surface area contributed by atoms with Crippen LogP contribution in [0, 0.1) is 11.7 Å². The van der Waals surface area contributed by atoms with E-state index >= 15 is 0 Å². The minimum atomic E-state index is -3.21. The number of allylic oxidation sites excluding steroid dienone is 1. The Labute approximate surface area is 198 Å². The van der Waals surface area contributed by atoms with Gasteiger partial charge in [-0.2, -0.15) is 0 Å². The van der Waals surface area contributed by atoms with Crippen molar-refractivity contribution < 1.29 is 22.3 Å². The molecule has 4 rings (SSSR count). The summed E-state index contributed by atoms with van der Waals surface area (Å²) in [5.74, 6) is -0.568. The maximum Gasteiger partial charge on any atom is 0.338 e. The molecule has 0 aliphatic carbocycles. The highest BCUT2D eigenvalue weighted by atomic mass is 79.9. The molecule has 2 aliphatic heterocycles. The third-order valence-electron chi connectivity index (χ3n) is 5.25. The summed E-state index contributed by atoms with van der Waals surface area (Å²) < 4.78 is 43.6. The van der Waals surface area contributed by atoms with Gasteiger partial charge in [-0.05, 0) is 37.0 Å². The molecule has 1 saturated heterocycles. The molecule has 0 amide bonds. The third kappa shape index (κ3) is 4.65. The molecule has 7 nitrogen and oxygen atoms in total. The van der Waals surface area contributed by atoms with E-state index in [1.54, 1.807) is 19.2 Å². The normalized spacial score (nSPS) is 20.9. The molecule has 0 unspecified atom stereocenters. The van der Waals surface area contributed by atoms with Crippen molar-refractivity contribution in [3.05, 3.63) is 61.9 Å². The minimum Gasteiger partial charge on any atom is -0.463 e. The molecule has 2 aromatic rings. The number of carbonyl (C=O) groups is 1. The molecule has 11 heteroatoms. The number of sulfone groups is 1. The zero-order chi connectivity index (χ0) is 23.0. The van der Waals surface area contributed by atoms with E-state index in [1.807, 2.05) is 10.3 Å². The van der Waals surface area contributed by atoms with E-state index in [0.717, 1.165) is 0 Å². The largest absolute Gasteiger partial charge is 0.463 e. The molecule has 0 radical (unpaired) electrons. The van der Waals surface area contributed by atoms with Crippen molar-refractivity contribution in [2.24, 2.45) is 10.9 Å². The molecule has 170 valence electrons. The van der Waals surface area contributed by atoms with Crippen LogP contribution in [-0.4, -0.2) is 55.3 Å². The molecule has 32 heavy (non-hydrogen) atoms. The van der Waals surface area contributed by atoms with Crippen LogP contribution in [0.2, 0.25) is 0 Å². The number of rotatable bonds is 6. The van der Waals surface area contributed by atoms with Gasteiger partial charge in [0.25, 0.3) is 0 Å². The number of benzene rings is 1. The Bertz CT molecular complexity index is 1210. The van der Waals surface area contributed by atoms with E-state index < -0.39 is 27.7 Å². The smallest absolute Gasteiger partial charge is 0.338 e. The standard InChI is InChI=1S/C21H21BrFN3O4S2/c1-3-30-21(27)17-16-8-12(11-32(2,28)29)10-26(16)19(20-24-6-7-31-20)25-18(17)14-5-4-13(23)9-15(14)22/h4-7,9,12,18H,3,8,10-11H2,1-2H3/t12-,18-/m0/s1. The molecular weight excluding hydrogens is 521 g/mol. The lowest BCUT2D eigenvalue weighted by Crippen LogP contribution is -2.36. The average molecular weight is 542 g/mol. The molecule has 3 heterocycles. The number of halogens is 2. The van der Waals surface area contributed by atoms with Gasteiger partial charge in [-0.3, -0.25) is 4.99 Å². The third-order valence-corrected chi connectivity index (χ3v) is 7.79. The van der Waals surface area contributed by atoms with Gasteiger partial charge in [0.05, 0.1) is 17.9 Å². The number of hydrogen-bond donors (Lipinski definition) is 0. The summed E-state index contributed by atoms with van der Waals surface area (Å²) in [6, 6.07) is 3.49. The van der Waals surface area contributed by atoms with E-state index in [-0.39, 0.29) is 18.3 Å². The number of ether oxygens (including phenoxy) is 1. The summed E-state index contributed by atoms with van der Waals surface area (Å²) in [4.78, 5) is 24.2. The van der Waals surface area contributed by atoms with E-state index in [4.69, 9.17) is 9.73 Å². The van der Waals surface area contributed by atoms with Gasteiger partial charge in [0.15, 0.2) is 10.8 Å². The van der Waals surface area contributed by atoms with Crippen molar-refractivity contribution in [3.8, 4) is 0 Å². The predicted molar refractivity (Wildman–Crippen MR) is 124 cm³/mol. The van der Waals surface area contributed by atoms with Crippen LogP contribution in [0.3, 0.4) is 0 Å².